The van der Waals surface area contributed by atoms with Crippen molar-refractivity contribution < 1.29 is 9.47 Å². The first-order valence-electron chi connectivity index (χ1n) is 7.57. The van der Waals surface area contributed by atoms with E-state index in [-0.39, 0.29) is 0 Å². The molecule has 1 aromatic rings. The summed E-state index contributed by atoms with van der Waals surface area (Å²) in [5.74, 6) is 1.70. The van der Waals surface area contributed by atoms with Gasteiger partial charge in [-0.2, -0.15) is 0 Å². The molecular formula is C17H26N2O2. The number of benzene rings is 1. The third kappa shape index (κ3) is 4.22. The van der Waals surface area contributed by atoms with Gasteiger partial charge in [-0.15, -0.1) is 6.58 Å². The molecule has 0 amide bonds. The molecule has 4 heteroatoms. The van der Waals surface area contributed by atoms with Crippen LogP contribution >= 0.6 is 0 Å². The van der Waals surface area contributed by atoms with Crippen LogP contribution in [0.3, 0.4) is 0 Å². The largest absolute Gasteiger partial charge is 0.497 e. The van der Waals surface area contributed by atoms with Crippen LogP contribution in [0.25, 0.3) is 0 Å². The Morgan fingerprint density at radius 3 is 2.33 bits per heavy atom. The Balaban J connectivity index is 2.27. The van der Waals surface area contributed by atoms with E-state index in [0.717, 1.165) is 50.5 Å². The summed E-state index contributed by atoms with van der Waals surface area (Å²) < 4.78 is 10.8. The fraction of sp³-hybridized carbons (Fsp3) is 0.529. The molecule has 0 spiro atoms. The van der Waals surface area contributed by atoms with Gasteiger partial charge in [-0.1, -0.05) is 6.08 Å². The summed E-state index contributed by atoms with van der Waals surface area (Å²) in [7, 11) is 3.39. The summed E-state index contributed by atoms with van der Waals surface area (Å²) >= 11 is 0. The maximum atomic E-state index is 5.41. The zero-order valence-electron chi connectivity index (χ0n) is 13.1. The van der Waals surface area contributed by atoms with E-state index < -0.39 is 0 Å². The first-order chi connectivity index (χ1) is 10.3. The van der Waals surface area contributed by atoms with E-state index in [1.54, 1.807) is 14.2 Å². The van der Waals surface area contributed by atoms with Gasteiger partial charge in [0.1, 0.15) is 11.5 Å². The molecule has 0 aliphatic carbocycles. The Hall–Kier alpha value is -1.52. The minimum atomic E-state index is 0.383. The second-order valence-electron chi connectivity index (χ2n) is 5.31. The molecule has 0 bridgehead atoms. The Morgan fingerprint density at radius 1 is 1.19 bits per heavy atom. The Morgan fingerprint density at radius 2 is 1.81 bits per heavy atom. The fourth-order valence-electron chi connectivity index (χ4n) is 2.85. The predicted octanol–water partition coefficient (Wildman–Crippen LogP) is 2.62. The minimum Gasteiger partial charge on any atom is -0.497 e. The molecule has 116 valence electrons. The van der Waals surface area contributed by atoms with E-state index in [0.29, 0.717) is 6.04 Å². The van der Waals surface area contributed by atoms with Crippen molar-refractivity contribution in [2.45, 2.75) is 18.9 Å². The van der Waals surface area contributed by atoms with Gasteiger partial charge in [0, 0.05) is 38.3 Å². The summed E-state index contributed by atoms with van der Waals surface area (Å²) in [5.41, 5.74) is 1.26. The summed E-state index contributed by atoms with van der Waals surface area (Å²) in [6.07, 6.45) is 4.07. The highest BCUT2D eigenvalue weighted by atomic mass is 16.5. The van der Waals surface area contributed by atoms with Gasteiger partial charge in [0.2, 0.25) is 0 Å². The molecule has 2 rings (SSSR count). The van der Waals surface area contributed by atoms with Crippen LogP contribution in [0, 0.1) is 0 Å². The normalized spacial score (nSPS) is 17.2. The van der Waals surface area contributed by atoms with Crippen molar-refractivity contribution in [3.63, 3.8) is 0 Å². The number of nitrogens with zero attached hydrogens (tertiary/aromatic N) is 1. The Kier molecular flexibility index (Phi) is 6.08. The maximum Gasteiger partial charge on any atom is 0.122 e. The van der Waals surface area contributed by atoms with Crippen LogP contribution in [-0.4, -0.2) is 45.3 Å². The van der Waals surface area contributed by atoms with Crippen molar-refractivity contribution in [3.8, 4) is 11.5 Å². The zero-order valence-corrected chi connectivity index (χ0v) is 13.1. The van der Waals surface area contributed by atoms with Crippen molar-refractivity contribution in [3.05, 3.63) is 36.4 Å². The zero-order chi connectivity index (χ0) is 15.1. The van der Waals surface area contributed by atoms with E-state index in [1.165, 1.54) is 5.56 Å². The molecule has 1 heterocycles. The molecule has 1 fully saturated rings. The quantitative estimate of drug-likeness (QED) is 0.783. The van der Waals surface area contributed by atoms with Crippen LogP contribution in [-0.2, 0) is 0 Å². The number of ether oxygens (including phenoxy) is 2. The molecule has 1 aliphatic heterocycles. The highest BCUT2D eigenvalue weighted by Gasteiger charge is 2.22. The van der Waals surface area contributed by atoms with Crippen LogP contribution in [0.5, 0.6) is 11.5 Å². The van der Waals surface area contributed by atoms with E-state index in [4.69, 9.17) is 9.47 Å². The van der Waals surface area contributed by atoms with Gasteiger partial charge in [0.15, 0.2) is 0 Å². The van der Waals surface area contributed by atoms with Crippen LogP contribution in [0.1, 0.15) is 24.4 Å². The molecular weight excluding hydrogens is 264 g/mol. The molecule has 0 unspecified atom stereocenters. The van der Waals surface area contributed by atoms with Crippen molar-refractivity contribution >= 4 is 0 Å². The lowest BCUT2D eigenvalue weighted by Gasteiger charge is -2.35. The van der Waals surface area contributed by atoms with Crippen LogP contribution < -0.4 is 14.8 Å². The van der Waals surface area contributed by atoms with E-state index >= 15 is 0 Å². The maximum absolute atomic E-state index is 5.41. The first kappa shape index (κ1) is 15.9. The van der Waals surface area contributed by atoms with Crippen LogP contribution in [0.4, 0.5) is 0 Å². The smallest absolute Gasteiger partial charge is 0.122 e. The highest BCUT2D eigenvalue weighted by Crippen LogP contribution is 2.32. The summed E-state index contributed by atoms with van der Waals surface area (Å²) in [6.45, 7) is 8.09. The second-order valence-corrected chi connectivity index (χ2v) is 5.31. The topological polar surface area (TPSA) is 33.7 Å². The van der Waals surface area contributed by atoms with Gasteiger partial charge in [-0.05, 0) is 30.5 Å². The molecule has 0 saturated carbocycles. The predicted molar refractivity (Wildman–Crippen MR) is 86.2 cm³/mol. The van der Waals surface area contributed by atoms with Crippen molar-refractivity contribution in [1.29, 1.82) is 0 Å². The molecule has 1 saturated heterocycles. The summed E-state index contributed by atoms with van der Waals surface area (Å²) in [5, 5.41) is 3.41. The second kappa shape index (κ2) is 8.05. The van der Waals surface area contributed by atoms with Gasteiger partial charge in [0.25, 0.3) is 0 Å². The third-order valence-electron chi connectivity index (χ3n) is 4.00. The van der Waals surface area contributed by atoms with E-state index in [2.05, 4.69) is 28.9 Å². The number of hydrogen-bond donors (Lipinski definition) is 1. The monoisotopic (exact) mass is 290 g/mol. The van der Waals surface area contributed by atoms with Crippen molar-refractivity contribution in [2.75, 3.05) is 40.4 Å². The lowest BCUT2D eigenvalue weighted by molar-refractivity contribution is 0.165. The minimum absolute atomic E-state index is 0.383. The average molecular weight is 290 g/mol. The molecule has 0 radical (unpaired) electrons. The lowest BCUT2D eigenvalue weighted by Crippen LogP contribution is -2.45. The number of nitrogens with one attached hydrogen (secondary N) is 1. The van der Waals surface area contributed by atoms with Crippen LogP contribution in [0.2, 0.25) is 0 Å². The third-order valence-corrected chi connectivity index (χ3v) is 4.00. The molecule has 1 aliphatic rings. The Labute approximate surface area is 127 Å². The van der Waals surface area contributed by atoms with Crippen LogP contribution in [0.15, 0.2) is 30.9 Å². The number of methoxy groups -OCH3 is 2. The van der Waals surface area contributed by atoms with Gasteiger partial charge < -0.3 is 14.8 Å². The summed E-state index contributed by atoms with van der Waals surface area (Å²) in [6, 6.07) is 6.55. The molecule has 0 aromatic heterocycles. The Bertz CT molecular complexity index is 434. The van der Waals surface area contributed by atoms with Gasteiger partial charge in [-0.3, -0.25) is 4.90 Å². The first-order valence-corrected chi connectivity index (χ1v) is 7.57. The number of rotatable bonds is 7. The van der Waals surface area contributed by atoms with Gasteiger partial charge in [0.05, 0.1) is 14.2 Å². The fourth-order valence-corrected chi connectivity index (χ4v) is 2.85. The van der Waals surface area contributed by atoms with Crippen molar-refractivity contribution in [1.82, 2.24) is 10.2 Å². The number of allylic oxidation sites excluding steroid dienone is 1. The van der Waals surface area contributed by atoms with Gasteiger partial charge >= 0.3 is 0 Å². The SMILES string of the molecule is C=CCC[C@H](c1cc(OC)cc(OC)c1)N1CCNCC1. The molecule has 4 nitrogen and oxygen atoms in total. The summed E-state index contributed by atoms with van der Waals surface area (Å²) in [4.78, 5) is 2.54. The van der Waals surface area contributed by atoms with Crippen molar-refractivity contribution in [2.24, 2.45) is 0 Å². The molecule has 21 heavy (non-hydrogen) atoms. The van der Waals surface area contributed by atoms with E-state index in [1.807, 2.05) is 12.1 Å². The van der Waals surface area contributed by atoms with Gasteiger partial charge in [-0.25, -0.2) is 0 Å². The van der Waals surface area contributed by atoms with E-state index in [9.17, 15) is 0 Å². The molecule has 1 atom stereocenters. The number of hydrogen-bond acceptors (Lipinski definition) is 4. The molecule has 1 aromatic carbocycles. The standard InChI is InChI=1S/C17H26N2O2/c1-4-5-6-17(19-9-7-18-8-10-19)14-11-15(20-2)13-16(12-14)21-3/h4,11-13,17-18H,1,5-10H2,2-3H3/t17-/m1/s1. The average Bonchev–Trinajstić information content (AvgIpc) is 2.55. The highest BCUT2D eigenvalue weighted by molar-refractivity contribution is 5.40. The molecule has 1 N–H and O–H groups in total. The number of piperazine rings is 1. The lowest BCUT2D eigenvalue weighted by atomic mass is 9.98.